The average molecular weight is 239 g/mol. The summed E-state index contributed by atoms with van der Waals surface area (Å²) in [6, 6.07) is 8.62. The summed E-state index contributed by atoms with van der Waals surface area (Å²) in [5.41, 5.74) is 6.30. The van der Waals surface area contributed by atoms with Gasteiger partial charge in [0, 0.05) is 37.2 Å². The van der Waals surface area contributed by atoms with Crippen molar-refractivity contribution in [1.82, 2.24) is 15.3 Å². The van der Waals surface area contributed by atoms with Crippen molar-refractivity contribution in [3.63, 3.8) is 0 Å². The highest BCUT2D eigenvalue weighted by Crippen LogP contribution is 2.17. The largest absolute Gasteiger partial charge is 0.312 e. The van der Waals surface area contributed by atoms with Gasteiger partial charge < -0.3 is 5.32 Å². The second-order valence-electron chi connectivity index (χ2n) is 4.84. The Morgan fingerprint density at radius 2 is 2.22 bits per heavy atom. The Labute approximate surface area is 107 Å². The zero-order valence-corrected chi connectivity index (χ0v) is 10.6. The Morgan fingerprint density at radius 3 is 3.11 bits per heavy atom. The van der Waals surface area contributed by atoms with E-state index in [1.807, 2.05) is 0 Å². The van der Waals surface area contributed by atoms with E-state index in [0.717, 1.165) is 31.6 Å². The molecule has 0 aliphatic carbocycles. The summed E-state index contributed by atoms with van der Waals surface area (Å²) < 4.78 is 0. The maximum atomic E-state index is 4.47. The standard InChI is InChI=1S/C15H17N3/c1-11-3-2-4-12(7-11)8-15-13-9-16-6-5-14(13)17-10-18-15/h2-4,7,10,16H,5-6,8-9H2,1H3. The molecule has 2 aromatic rings. The molecular formula is C15H17N3. The topological polar surface area (TPSA) is 37.8 Å². The molecule has 3 nitrogen and oxygen atoms in total. The molecule has 1 aromatic carbocycles. The molecule has 1 N–H and O–H groups in total. The van der Waals surface area contributed by atoms with Crippen LogP contribution in [-0.4, -0.2) is 16.5 Å². The van der Waals surface area contributed by atoms with E-state index < -0.39 is 0 Å². The summed E-state index contributed by atoms with van der Waals surface area (Å²) in [6.45, 7) is 4.05. The lowest BCUT2D eigenvalue weighted by molar-refractivity contribution is 0.618. The Bertz CT molecular complexity index is 563. The van der Waals surface area contributed by atoms with Crippen LogP contribution >= 0.6 is 0 Å². The van der Waals surface area contributed by atoms with Crippen molar-refractivity contribution in [2.24, 2.45) is 0 Å². The van der Waals surface area contributed by atoms with E-state index in [4.69, 9.17) is 0 Å². The van der Waals surface area contributed by atoms with Crippen molar-refractivity contribution < 1.29 is 0 Å². The fourth-order valence-corrected chi connectivity index (χ4v) is 2.50. The van der Waals surface area contributed by atoms with Gasteiger partial charge in [-0.1, -0.05) is 29.8 Å². The number of fused-ring (bicyclic) bond motifs is 1. The minimum absolute atomic E-state index is 0.897. The molecule has 0 unspecified atom stereocenters. The molecule has 0 fully saturated rings. The molecule has 3 rings (SSSR count). The van der Waals surface area contributed by atoms with Crippen LogP contribution in [0, 0.1) is 6.92 Å². The van der Waals surface area contributed by atoms with Crippen LogP contribution in [-0.2, 0) is 19.4 Å². The second-order valence-corrected chi connectivity index (χ2v) is 4.84. The van der Waals surface area contributed by atoms with Gasteiger partial charge in [-0.2, -0.15) is 0 Å². The van der Waals surface area contributed by atoms with Crippen molar-refractivity contribution in [3.8, 4) is 0 Å². The van der Waals surface area contributed by atoms with E-state index >= 15 is 0 Å². The third-order valence-corrected chi connectivity index (χ3v) is 3.42. The minimum Gasteiger partial charge on any atom is -0.312 e. The van der Waals surface area contributed by atoms with E-state index in [1.54, 1.807) is 6.33 Å². The third kappa shape index (κ3) is 2.27. The number of hydrogen-bond donors (Lipinski definition) is 1. The molecule has 0 saturated heterocycles. The van der Waals surface area contributed by atoms with Gasteiger partial charge in [0.1, 0.15) is 6.33 Å². The summed E-state index contributed by atoms with van der Waals surface area (Å²) >= 11 is 0. The third-order valence-electron chi connectivity index (χ3n) is 3.42. The maximum absolute atomic E-state index is 4.47. The van der Waals surface area contributed by atoms with Crippen molar-refractivity contribution in [3.05, 3.63) is 58.7 Å². The molecule has 0 amide bonds. The van der Waals surface area contributed by atoms with E-state index in [1.165, 1.54) is 22.4 Å². The number of rotatable bonds is 2. The first kappa shape index (κ1) is 11.4. The second kappa shape index (κ2) is 4.86. The van der Waals surface area contributed by atoms with Gasteiger partial charge in [0.05, 0.1) is 5.69 Å². The molecule has 2 heterocycles. The minimum atomic E-state index is 0.897. The van der Waals surface area contributed by atoms with E-state index in [9.17, 15) is 0 Å². The molecule has 0 radical (unpaired) electrons. The average Bonchev–Trinajstić information content (AvgIpc) is 2.39. The highest BCUT2D eigenvalue weighted by molar-refractivity contribution is 5.33. The van der Waals surface area contributed by atoms with Crippen molar-refractivity contribution in [2.45, 2.75) is 26.3 Å². The first-order chi connectivity index (χ1) is 8.83. The quantitative estimate of drug-likeness (QED) is 0.871. The van der Waals surface area contributed by atoms with Gasteiger partial charge in [-0.25, -0.2) is 9.97 Å². The molecule has 0 atom stereocenters. The fourth-order valence-electron chi connectivity index (χ4n) is 2.50. The Balaban J connectivity index is 1.93. The molecule has 0 spiro atoms. The van der Waals surface area contributed by atoms with Crippen molar-refractivity contribution in [2.75, 3.05) is 6.54 Å². The SMILES string of the molecule is Cc1cccc(Cc2ncnc3c2CNCC3)c1. The molecule has 18 heavy (non-hydrogen) atoms. The summed E-state index contributed by atoms with van der Waals surface area (Å²) in [6.07, 6.45) is 3.61. The number of benzene rings is 1. The van der Waals surface area contributed by atoms with Crippen LogP contribution in [0.25, 0.3) is 0 Å². The summed E-state index contributed by atoms with van der Waals surface area (Å²) in [5, 5.41) is 3.40. The van der Waals surface area contributed by atoms with Crippen LogP contribution < -0.4 is 5.32 Å². The molecule has 92 valence electrons. The first-order valence-electron chi connectivity index (χ1n) is 6.41. The number of nitrogens with zero attached hydrogens (tertiary/aromatic N) is 2. The predicted molar refractivity (Wildman–Crippen MR) is 71.4 cm³/mol. The lowest BCUT2D eigenvalue weighted by Crippen LogP contribution is -2.26. The van der Waals surface area contributed by atoms with Gasteiger partial charge in [0.15, 0.2) is 0 Å². The zero-order valence-electron chi connectivity index (χ0n) is 10.6. The Morgan fingerprint density at radius 1 is 1.28 bits per heavy atom. The van der Waals surface area contributed by atoms with Crippen LogP contribution in [0.5, 0.6) is 0 Å². The van der Waals surface area contributed by atoms with E-state index in [2.05, 4.69) is 46.5 Å². The van der Waals surface area contributed by atoms with Crippen LogP contribution in [0.3, 0.4) is 0 Å². The van der Waals surface area contributed by atoms with Gasteiger partial charge in [0.25, 0.3) is 0 Å². The molecule has 0 saturated carbocycles. The van der Waals surface area contributed by atoms with Crippen LogP contribution in [0.1, 0.15) is 28.1 Å². The number of aromatic nitrogens is 2. The molecule has 1 aliphatic heterocycles. The predicted octanol–water partition coefficient (Wildman–Crippen LogP) is 2.02. The van der Waals surface area contributed by atoms with Gasteiger partial charge >= 0.3 is 0 Å². The normalized spacial score (nSPS) is 14.3. The summed E-state index contributed by atoms with van der Waals surface area (Å²) in [4.78, 5) is 8.85. The van der Waals surface area contributed by atoms with E-state index in [0.29, 0.717) is 0 Å². The molecule has 1 aromatic heterocycles. The Kier molecular flexibility index (Phi) is 3.07. The first-order valence-corrected chi connectivity index (χ1v) is 6.41. The molecule has 3 heteroatoms. The van der Waals surface area contributed by atoms with Crippen LogP contribution in [0.4, 0.5) is 0 Å². The van der Waals surface area contributed by atoms with Crippen LogP contribution in [0.15, 0.2) is 30.6 Å². The summed E-state index contributed by atoms with van der Waals surface area (Å²) in [5.74, 6) is 0. The van der Waals surface area contributed by atoms with E-state index in [-0.39, 0.29) is 0 Å². The maximum Gasteiger partial charge on any atom is 0.115 e. The smallest absolute Gasteiger partial charge is 0.115 e. The summed E-state index contributed by atoms with van der Waals surface area (Å²) in [7, 11) is 0. The van der Waals surface area contributed by atoms with Crippen molar-refractivity contribution in [1.29, 1.82) is 0 Å². The molecular weight excluding hydrogens is 222 g/mol. The van der Waals surface area contributed by atoms with Gasteiger partial charge in [-0.3, -0.25) is 0 Å². The van der Waals surface area contributed by atoms with Gasteiger partial charge in [0.2, 0.25) is 0 Å². The van der Waals surface area contributed by atoms with Gasteiger partial charge in [-0.05, 0) is 12.5 Å². The molecule has 0 bridgehead atoms. The highest BCUT2D eigenvalue weighted by Gasteiger charge is 2.14. The number of aryl methyl sites for hydroxylation is 1. The van der Waals surface area contributed by atoms with Crippen LogP contribution in [0.2, 0.25) is 0 Å². The molecule has 1 aliphatic rings. The van der Waals surface area contributed by atoms with Gasteiger partial charge in [-0.15, -0.1) is 0 Å². The number of nitrogens with one attached hydrogen (secondary N) is 1. The number of hydrogen-bond acceptors (Lipinski definition) is 3. The highest BCUT2D eigenvalue weighted by atomic mass is 14.9. The monoisotopic (exact) mass is 239 g/mol. The van der Waals surface area contributed by atoms with Crippen molar-refractivity contribution >= 4 is 0 Å². The lowest BCUT2D eigenvalue weighted by Gasteiger charge is -2.18. The lowest BCUT2D eigenvalue weighted by atomic mass is 10.00. The Hall–Kier alpha value is -1.74. The fraction of sp³-hybridized carbons (Fsp3) is 0.333. The zero-order chi connectivity index (χ0) is 12.4.